The average Bonchev–Trinajstić information content (AvgIpc) is 2.52. The molecule has 1 heterocycles. The van der Waals surface area contributed by atoms with Gasteiger partial charge in [0.25, 0.3) is 0 Å². The Labute approximate surface area is 121 Å². The molecule has 0 spiro atoms. The summed E-state index contributed by atoms with van der Waals surface area (Å²) < 4.78 is 5.73. The van der Waals surface area contributed by atoms with Crippen molar-refractivity contribution in [3.05, 3.63) is 59.9 Å². The van der Waals surface area contributed by atoms with Crippen molar-refractivity contribution >= 4 is 0 Å². The van der Waals surface area contributed by atoms with Gasteiger partial charge in [0, 0.05) is 12.2 Å². The zero-order valence-corrected chi connectivity index (χ0v) is 12.2. The molecule has 0 saturated heterocycles. The number of benzene rings is 1. The summed E-state index contributed by atoms with van der Waals surface area (Å²) >= 11 is 0. The molecule has 2 rings (SSSR count). The van der Waals surface area contributed by atoms with Crippen LogP contribution < -0.4 is 10.1 Å². The maximum absolute atomic E-state index is 5.73. The van der Waals surface area contributed by atoms with E-state index in [9.17, 15) is 0 Å². The van der Waals surface area contributed by atoms with Crippen molar-refractivity contribution in [2.75, 3.05) is 6.54 Å². The molecular weight excluding hydrogens is 248 g/mol. The van der Waals surface area contributed by atoms with Crippen molar-refractivity contribution < 1.29 is 4.74 Å². The quantitative estimate of drug-likeness (QED) is 0.832. The molecule has 2 aromatic rings. The summed E-state index contributed by atoms with van der Waals surface area (Å²) in [7, 11) is 0. The third-order valence-corrected chi connectivity index (χ3v) is 3.19. The van der Waals surface area contributed by atoms with Crippen LogP contribution in [0.3, 0.4) is 0 Å². The molecule has 3 nitrogen and oxygen atoms in total. The fourth-order valence-electron chi connectivity index (χ4n) is 1.97. The van der Waals surface area contributed by atoms with Gasteiger partial charge in [-0.3, -0.25) is 4.98 Å². The Morgan fingerprint density at radius 1 is 1.15 bits per heavy atom. The van der Waals surface area contributed by atoms with E-state index in [0.29, 0.717) is 12.6 Å². The minimum atomic E-state index is 0.375. The Balaban J connectivity index is 1.88. The summed E-state index contributed by atoms with van der Waals surface area (Å²) in [4.78, 5) is 4.24. The first-order valence-electron chi connectivity index (χ1n) is 7.15. The standard InChI is InChI=1S/C17H22N2O/c1-3-11-18-14(2)15-7-9-17(10-8-15)20-13-16-6-4-5-12-19-16/h4-10,12,14,18H,3,11,13H2,1-2H3. The van der Waals surface area contributed by atoms with E-state index in [2.05, 4.69) is 36.3 Å². The molecule has 3 heteroatoms. The van der Waals surface area contributed by atoms with Gasteiger partial charge in [0.1, 0.15) is 12.4 Å². The van der Waals surface area contributed by atoms with E-state index in [1.165, 1.54) is 5.56 Å². The van der Waals surface area contributed by atoms with Crippen molar-refractivity contribution in [1.29, 1.82) is 0 Å². The molecule has 1 N–H and O–H groups in total. The zero-order valence-electron chi connectivity index (χ0n) is 12.2. The minimum Gasteiger partial charge on any atom is -0.487 e. The normalized spacial score (nSPS) is 12.1. The lowest BCUT2D eigenvalue weighted by atomic mass is 10.1. The summed E-state index contributed by atoms with van der Waals surface area (Å²) in [5, 5.41) is 3.48. The molecule has 0 aliphatic heterocycles. The van der Waals surface area contributed by atoms with Crippen LogP contribution in [0.2, 0.25) is 0 Å². The lowest BCUT2D eigenvalue weighted by Gasteiger charge is -2.14. The zero-order chi connectivity index (χ0) is 14.2. The fraction of sp³-hybridized carbons (Fsp3) is 0.353. The molecule has 0 bridgehead atoms. The van der Waals surface area contributed by atoms with Crippen LogP contribution in [-0.4, -0.2) is 11.5 Å². The highest BCUT2D eigenvalue weighted by Gasteiger charge is 2.04. The van der Waals surface area contributed by atoms with E-state index in [1.54, 1.807) is 6.20 Å². The van der Waals surface area contributed by atoms with Gasteiger partial charge in [0.05, 0.1) is 5.69 Å². The van der Waals surface area contributed by atoms with Crippen LogP contribution in [0.4, 0.5) is 0 Å². The Hall–Kier alpha value is -1.87. The van der Waals surface area contributed by atoms with E-state index >= 15 is 0 Å². The number of hydrogen-bond donors (Lipinski definition) is 1. The highest BCUT2D eigenvalue weighted by Crippen LogP contribution is 2.18. The van der Waals surface area contributed by atoms with E-state index in [4.69, 9.17) is 4.74 Å². The predicted molar refractivity (Wildman–Crippen MR) is 81.7 cm³/mol. The van der Waals surface area contributed by atoms with Gasteiger partial charge in [-0.15, -0.1) is 0 Å². The van der Waals surface area contributed by atoms with Crippen LogP contribution in [0.25, 0.3) is 0 Å². The molecule has 20 heavy (non-hydrogen) atoms. The molecule has 0 amide bonds. The van der Waals surface area contributed by atoms with Crippen LogP contribution in [-0.2, 0) is 6.61 Å². The first kappa shape index (κ1) is 14.5. The first-order valence-corrected chi connectivity index (χ1v) is 7.15. The summed E-state index contributed by atoms with van der Waals surface area (Å²) in [5.41, 5.74) is 2.22. The number of hydrogen-bond acceptors (Lipinski definition) is 3. The third kappa shape index (κ3) is 4.35. The SMILES string of the molecule is CCCNC(C)c1ccc(OCc2ccccn2)cc1. The number of rotatable bonds is 7. The van der Waals surface area contributed by atoms with Gasteiger partial charge < -0.3 is 10.1 Å². The predicted octanol–water partition coefficient (Wildman–Crippen LogP) is 3.72. The van der Waals surface area contributed by atoms with Gasteiger partial charge in [-0.25, -0.2) is 0 Å². The lowest BCUT2D eigenvalue weighted by Crippen LogP contribution is -2.19. The van der Waals surface area contributed by atoms with Crippen LogP contribution in [0.15, 0.2) is 48.7 Å². The summed E-state index contributed by atoms with van der Waals surface area (Å²) in [5.74, 6) is 0.877. The Morgan fingerprint density at radius 2 is 1.95 bits per heavy atom. The van der Waals surface area contributed by atoms with Gasteiger partial charge >= 0.3 is 0 Å². The second-order valence-electron chi connectivity index (χ2n) is 4.85. The molecule has 0 saturated carbocycles. The number of aromatic nitrogens is 1. The van der Waals surface area contributed by atoms with Crippen molar-refractivity contribution in [3.8, 4) is 5.75 Å². The van der Waals surface area contributed by atoms with Gasteiger partial charge in [-0.1, -0.05) is 25.1 Å². The highest BCUT2D eigenvalue weighted by atomic mass is 16.5. The molecule has 0 aliphatic rings. The molecule has 0 radical (unpaired) electrons. The molecule has 0 aliphatic carbocycles. The topological polar surface area (TPSA) is 34.1 Å². The van der Waals surface area contributed by atoms with Gasteiger partial charge in [0.15, 0.2) is 0 Å². The molecular formula is C17H22N2O. The molecule has 1 atom stereocenters. The lowest BCUT2D eigenvalue weighted by molar-refractivity contribution is 0.301. The van der Waals surface area contributed by atoms with Crippen LogP contribution >= 0.6 is 0 Å². The third-order valence-electron chi connectivity index (χ3n) is 3.19. The maximum atomic E-state index is 5.73. The van der Waals surface area contributed by atoms with Crippen LogP contribution in [0.1, 0.15) is 37.6 Å². The molecule has 0 fully saturated rings. The number of nitrogens with one attached hydrogen (secondary N) is 1. The fourth-order valence-corrected chi connectivity index (χ4v) is 1.97. The van der Waals surface area contributed by atoms with Gasteiger partial charge in [-0.2, -0.15) is 0 Å². The molecule has 1 aromatic heterocycles. The smallest absolute Gasteiger partial charge is 0.130 e. The van der Waals surface area contributed by atoms with E-state index < -0.39 is 0 Å². The second kappa shape index (κ2) is 7.65. The van der Waals surface area contributed by atoms with Gasteiger partial charge in [0.2, 0.25) is 0 Å². The number of nitrogens with zero attached hydrogens (tertiary/aromatic N) is 1. The largest absolute Gasteiger partial charge is 0.487 e. The van der Waals surface area contributed by atoms with E-state index in [1.807, 2.05) is 30.3 Å². The molecule has 1 aromatic carbocycles. The van der Waals surface area contributed by atoms with Crippen molar-refractivity contribution in [2.45, 2.75) is 32.9 Å². The monoisotopic (exact) mass is 270 g/mol. The summed E-state index contributed by atoms with van der Waals surface area (Å²) in [6, 6.07) is 14.5. The molecule has 1 unspecified atom stereocenters. The van der Waals surface area contributed by atoms with E-state index in [0.717, 1.165) is 24.4 Å². The minimum absolute atomic E-state index is 0.375. The summed E-state index contributed by atoms with van der Waals surface area (Å²) in [6.45, 7) is 5.90. The Kier molecular flexibility index (Phi) is 5.56. The van der Waals surface area contributed by atoms with Crippen molar-refractivity contribution in [2.24, 2.45) is 0 Å². The van der Waals surface area contributed by atoms with E-state index in [-0.39, 0.29) is 0 Å². The Morgan fingerprint density at radius 3 is 2.60 bits per heavy atom. The second-order valence-corrected chi connectivity index (χ2v) is 4.85. The maximum Gasteiger partial charge on any atom is 0.130 e. The van der Waals surface area contributed by atoms with Crippen LogP contribution in [0.5, 0.6) is 5.75 Å². The van der Waals surface area contributed by atoms with Crippen molar-refractivity contribution in [1.82, 2.24) is 10.3 Å². The number of pyridine rings is 1. The average molecular weight is 270 g/mol. The number of ether oxygens (including phenoxy) is 1. The summed E-state index contributed by atoms with van der Waals surface area (Å²) in [6.07, 6.45) is 2.93. The Bertz CT molecular complexity index is 496. The van der Waals surface area contributed by atoms with Crippen molar-refractivity contribution in [3.63, 3.8) is 0 Å². The molecule has 106 valence electrons. The first-order chi connectivity index (χ1) is 9.79. The van der Waals surface area contributed by atoms with Crippen LogP contribution in [0, 0.1) is 0 Å². The van der Waals surface area contributed by atoms with Gasteiger partial charge in [-0.05, 0) is 49.7 Å². The highest BCUT2D eigenvalue weighted by molar-refractivity contribution is 5.29.